The van der Waals surface area contributed by atoms with Gasteiger partial charge in [0, 0.05) is 38.7 Å². The third-order valence-corrected chi connectivity index (χ3v) is 4.74. The Morgan fingerprint density at radius 2 is 2.15 bits per heavy atom. The van der Waals surface area contributed by atoms with Crippen LogP contribution in [0, 0.1) is 5.82 Å². The smallest absolute Gasteiger partial charge is 0.276 e. The summed E-state index contributed by atoms with van der Waals surface area (Å²) < 4.78 is 26.3. The number of nitrogens with zero attached hydrogens (tertiary/aromatic N) is 5. The van der Waals surface area contributed by atoms with Gasteiger partial charge in [-0.2, -0.15) is 0 Å². The van der Waals surface area contributed by atoms with Crippen molar-refractivity contribution in [2.24, 2.45) is 0 Å². The molecule has 0 spiro atoms. The number of carbonyl (C=O) groups is 1. The lowest BCUT2D eigenvalue weighted by Gasteiger charge is -2.31. The highest BCUT2D eigenvalue weighted by molar-refractivity contribution is 5.92. The minimum atomic E-state index is -0.474. The van der Waals surface area contributed by atoms with E-state index < -0.39 is 5.82 Å². The Labute approximate surface area is 149 Å². The zero-order valence-electron chi connectivity index (χ0n) is 14.3. The summed E-state index contributed by atoms with van der Waals surface area (Å²) in [6.45, 7) is 2.36. The predicted molar refractivity (Wildman–Crippen MR) is 88.2 cm³/mol. The first-order chi connectivity index (χ1) is 12.7. The van der Waals surface area contributed by atoms with Crippen LogP contribution >= 0.6 is 0 Å². The zero-order valence-corrected chi connectivity index (χ0v) is 14.3. The molecule has 2 aliphatic rings. The predicted octanol–water partition coefficient (Wildman–Crippen LogP) is 1.46. The summed E-state index contributed by atoms with van der Waals surface area (Å²) in [5.74, 6) is -0.602. The second-order valence-electron chi connectivity index (χ2n) is 6.50. The molecule has 2 aliphatic heterocycles. The lowest BCUT2D eigenvalue weighted by molar-refractivity contribution is 0.0574. The number of ether oxygens (including phenoxy) is 2. The molecule has 9 heteroatoms. The fourth-order valence-electron chi connectivity index (χ4n) is 3.24. The van der Waals surface area contributed by atoms with E-state index in [0.29, 0.717) is 44.8 Å². The molecule has 0 bridgehead atoms. The number of carbonyl (C=O) groups excluding carboxylic acids is 1. The van der Waals surface area contributed by atoms with Gasteiger partial charge in [-0.15, -0.1) is 5.10 Å². The van der Waals surface area contributed by atoms with Crippen molar-refractivity contribution in [3.05, 3.63) is 36.0 Å². The van der Waals surface area contributed by atoms with E-state index in [4.69, 9.17) is 9.47 Å². The molecule has 8 nitrogen and oxygen atoms in total. The Morgan fingerprint density at radius 1 is 1.31 bits per heavy atom. The molecule has 138 valence electrons. The third kappa shape index (κ3) is 3.52. The van der Waals surface area contributed by atoms with Crippen molar-refractivity contribution in [3.63, 3.8) is 0 Å². The second kappa shape index (κ2) is 7.36. The Kier molecular flexibility index (Phi) is 4.79. The molecular formula is C17H20FN5O3. The quantitative estimate of drug-likeness (QED) is 0.820. The van der Waals surface area contributed by atoms with Gasteiger partial charge >= 0.3 is 0 Å². The van der Waals surface area contributed by atoms with E-state index in [-0.39, 0.29) is 23.9 Å². The van der Waals surface area contributed by atoms with Crippen LogP contribution in [-0.4, -0.2) is 63.2 Å². The van der Waals surface area contributed by atoms with E-state index in [9.17, 15) is 9.18 Å². The Balaban J connectivity index is 1.33. The zero-order chi connectivity index (χ0) is 17.9. The molecule has 0 aliphatic carbocycles. The van der Waals surface area contributed by atoms with Crippen LogP contribution in [0.2, 0.25) is 0 Å². The summed E-state index contributed by atoms with van der Waals surface area (Å²) >= 11 is 0. The molecule has 0 N–H and O–H groups in total. The number of piperidine rings is 1. The summed E-state index contributed by atoms with van der Waals surface area (Å²) in [6.07, 6.45) is 5.14. The normalized spacial score (nSPS) is 21.1. The van der Waals surface area contributed by atoms with E-state index in [2.05, 4.69) is 15.3 Å². The van der Waals surface area contributed by atoms with Crippen molar-refractivity contribution >= 4 is 5.91 Å². The van der Waals surface area contributed by atoms with Crippen LogP contribution in [0.25, 0.3) is 0 Å². The first-order valence-corrected chi connectivity index (χ1v) is 8.77. The van der Waals surface area contributed by atoms with Crippen LogP contribution in [0.3, 0.4) is 0 Å². The highest BCUT2D eigenvalue weighted by Gasteiger charge is 2.28. The average molecular weight is 361 g/mol. The number of aromatic nitrogens is 4. The number of hydrogen-bond donors (Lipinski definition) is 0. The van der Waals surface area contributed by atoms with Gasteiger partial charge in [-0.25, -0.2) is 14.1 Å². The summed E-state index contributed by atoms with van der Waals surface area (Å²) in [4.78, 5) is 18.2. The van der Waals surface area contributed by atoms with E-state index in [1.54, 1.807) is 15.8 Å². The molecule has 0 saturated carbocycles. The Hall–Kier alpha value is -2.55. The molecule has 2 aromatic heterocycles. The molecule has 26 heavy (non-hydrogen) atoms. The largest absolute Gasteiger partial charge is 0.472 e. The van der Waals surface area contributed by atoms with Crippen molar-refractivity contribution in [2.45, 2.75) is 31.4 Å². The lowest BCUT2D eigenvalue weighted by atomic mass is 10.1. The number of rotatable bonds is 4. The number of amides is 1. The summed E-state index contributed by atoms with van der Waals surface area (Å²) in [7, 11) is 0. The molecule has 1 amide bonds. The van der Waals surface area contributed by atoms with Crippen molar-refractivity contribution in [2.75, 3.05) is 26.3 Å². The van der Waals surface area contributed by atoms with Gasteiger partial charge in [0.25, 0.3) is 11.8 Å². The summed E-state index contributed by atoms with van der Waals surface area (Å²) in [5.41, 5.74) is 0.340. The fraction of sp³-hybridized carbons (Fsp3) is 0.529. The van der Waals surface area contributed by atoms with E-state index in [0.717, 1.165) is 6.42 Å². The molecule has 4 heterocycles. The standard InChI is InChI=1S/C17H20FN5O3/c18-14-2-1-6-19-16(14)26-13-3-7-22(8-4-13)17(24)15-10-23(21-20-15)12-5-9-25-11-12/h1-2,6,10,12-13H,3-5,7-9,11H2. The van der Waals surface area contributed by atoms with Gasteiger partial charge in [0.2, 0.25) is 0 Å². The van der Waals surface area contributed by atoms with Crippen LogP contribution in [-0.2, 0) is 4.74 Å². The van der Waals surface area contributed by atoms with Crippen molar-refractivity contribution in [1.82, 2.24) is 24.9 Å². The van der Waals surface area contributed by atoms with Crippen LogP contribution in [0.4, 0.5) is 4.39 Å². The van der Waals surface area contributed by atoms with Gasteiger partial charge in [-0.05, 0) is 18.6 Å². The van der Waals surface area contributed by atoms with Crippen LogP contribution in [0.1, 0.15) is 35.8 Å². The van der Waals surface area contributed by atoms with Gasteiger partial charge in [0.15, 0.2) is 11.5 Å². The van der Waals surface area contributed by atoms with Gasteiger partial charge in [0.1, 0.15) is 6.10 Å². The van der Waals surface area contributed by atoms with Crippen LogP contribution < -0.4 is 4.74 Å². The van der Waals surface area contributed by atoms with Gasteiger partial charge in [0.05, 0.1) is 18.8 Å². The number of likely N-dealkylation sites (tertiary alicyclic amines) is 1. The first kappa shape index (κ1) is 16.9. The van der Waals surface area contributed by atoms with Crippen LogP contribution in [0.5, 0.6) is 5.88 Å². The number of pyridine rings is 1. The minimum absolute atomic E-state index is 0.0130. The summed E-state index contributed by atoms with van der Waals surface area (Å²) in [6, 6.07) is 2.99. The maximum Gasteiger partial charge on any atom is 0.276 e. The minimum Gasteiger partial charge on any atom is -0.472 e. The van der Waals surface area contributed by atoms with Gasteiger partial charge in [-0.3, -0.25) is 4.79 Å². The molecule has 2 fully saturated rings. The van der Waals surface area contributed by atoms with Crippen molar-refractivity contribution in [1.29, 1.82) is 0 Å². The third-order valence-electron chi connectivity index (χ3n) is 4.74. The number of halogens is 1. The highest BCUT2D eigenvalue weighted by Crippen LogP contribution is 2.21. The van der Waals surface area contributed by atoms with Crippen molar-refractivity contribution < 1.29 is 18.7 Å². The van der Waals surface area contributed by atoms with Crippen molar-refractivity contribution in [3.8, 4) is 5.88 Å². The van der Waals surface area contributed by atoms with E-state index >= 15 is 0 Å². The Morgan fingerprint density at radius 3 is 2.88 bits per heavy atom. The molecule has 2 saturated heterocycles. The SMILES string of the molecule is O=C(c1cn(C2CCOC2)nn1)N1CCC(Oc2ncccc2F)CC1. The topological polar surface area (TPSA) is 82.4 Å². The van der Waals surface area contributed by atoms with Gasteiger partial charge in [-0.1, -0.05) is 5.21 Å². The van der Waals surface area contributed by atoms with Gasteiger partial charge < -0.3 is 14.4 Å². The average Bonchev–Trinajstić information content (AvgIpc) is 3.35. The number of hydrogen-bond acceptors (Lipinski definition) is 6. The molecule has 2 aromatic rings. The molecule has 1 atom stereocenters. The lowest BCUT2D eigenvalue weighted by Crippen LogP contribution is -2.42. The van der Waals surface area contributed by atoms with Crippen LogP contribution in [0.15, 0.2) is 24.5 Å². The molecule has 1 unspecified atom stereocenters. The Bertz CT molecular complexity index is 769. The van der Waals surface area contributed by atoms with E-state index in [1.165, 1.54) is 18.3 Å². The molecule has 4 rings (SSSR count). The monoisotopic (exact) mass is 361 g/mol. The maximum atomic E-state index is 13.6. The highest BCUT2D eigenvalue weighted by atomic mass is 19.1. The molecule has 0 aromatic carbocycles. The molecular weight excluding hydrogens is 341 g/mol. The maximum absolute atomic E-state index is 13.6. The molecule has 0 radical (unpaired) electrons. The first-order valence-electron chi connectivity index (χ1n) is 8.77. The fourth-order valence-corrected chi connectivity index (χ4v) is 3.24. The summed E-state index contributed by atoms with van der Waals surface area (Å²) in [5, 5.41) is 8.07. The second-order valence-corrected chi connectivity index (χ2v) is 6.50. The van der Waals surface area contributed by atoms with E-state index in [1.807, 2.05) is 0 Å².